The van der Waals surface area contributed by atoms with Crippen LogP contribution in [0, 0.1) is 0 Å². The first kappa shape index (κ1) is 86.5. The van der Waals surface area contributed by atoms with Crippen LogP contribution >= 0.6 is 0 Å². The fourth-order valence-corrected chi connectivity index (χ4v) is 13.3. The van der Waals surface area contributed by atoms with Crippen molar-refractivity contribution in [2.24, 2.45) is 0 Å². The van der Waals surface area contributed by atoms with E-state index < -0.39 is 124 Å². The highest BCUT2D eigenvalue weighted by molar-refractivity contribution is 5.76. The number of carbonyl (C=O) groups is 1. The first-order valence-corrected chi connectivity index (χ1v) is 38.6. The molecule has 17 unspecified atom stereocenters. The highest BCUT2D eigenvalue weighted by atomic mass is 16.8. The number of ether oxygens (including phenoxy) is 6. The standard InChI is InChI=1S/C75H141NO18/c1-3-5-7-9-11-13-15-17-19-21-22-23-24-25-26-27-28-29-30-31-32-33-34-35-36-37-38-40-42-44-46-48-50-52-59(80)58(76-63(81)53-51-49-47-45-43-41-39-20-18-16-14-12-10-8-6-4-2)57-89-73-69(87)66(84)71(61(55-78)91-73)94-75-70(88)67(85)72(62(56-79)92-75)93-74-68(86)65(83)64(82)60(54-77)90-74/h14,16,20,39,58-62,64-75,77-80,82-88H,3-13,15,17-19,21-38,40-57H2,1-2H3,(H,76,81)/b16-14-,39-20-. The van der Waals surface area contributed by atoms with Gasteiger partial charge in [-0.3, -0.25) is 4.79 Å². The molecule has 12 N–H and O–H groups in total. The quantitative estimate of drug-likeness (QED) is 0.0199. The van der Waals surface area contributed by atoms with Gasteiger partial charge in [-0.25, -0.2) is 0 Å². The highest BCUT2D eigenvalue weighted by Gasteiger charge is 2.53. The van der Waals surface area contributed by atoms with Crippen LogP contribution in [0.25, 0.3) is 0 Å². The molecule has 3 aliphatic heterocycles. The number of aliphatic hydroxyl groups is 11. The third kappa shape index (κ3) is 37.6. The van der Waals surface area contributed by atoms with Gasteiger partial charge in [0.1, 0.15) is 73.2 Å². The Morgan fingerprint density at radius 3 is 1.10 bits per heavy atom. The molecule has 0 bridgehead atoms. The number of hydrogen-bond acceptors (Lipinski definition) is 18. The number of unbranched alkanes of at least 4 members (excludes halogenated alkanes) is 41. The molecule has 19 nitrogen and oxygen atoms in total. The lowest BCUT2D eigenvalue weighted by Crippen LogP contribution is -2.66. The number of aliphatic hydroxyl groups excluding tert-OH is 11. The minimum Gasteiger partial charge on any atom is -0.394 e. The summed E-state index contributed by atoms with van der Waals surface area (Å²) in [5, 5.41) is 121. The summed E-state index contributed by atoms with van der Waals surface area (Å²) in [6, 6.07) is -0.895. The molecule has 0 radical (unpaired) electrons. The minimum atomic E-state index is -1.97. The van der Waals surface area contributed by atoms with Gasteiger partial charge >= 0.3 is 0 Å². The highest BCUT2D eigenvalue weighted by Crippen LogP contribution is 2.33. The molecule has 0 saturated carbocycles. The molecule has 0 aromatic carbocycles. The van der Waals surface area contributed by atoms with Gasteiger partial charge in [-0.05, 0) is 44.9 Å². The number of nitrogens with one attached hydrogen (secondary N) is 1. The van der Waals surface area contributed by atoms with Crippen molar-refractivity contribution in [2.45, 2.75) is 420 Å². The predicted molar refractivity (Wildman–Crippen MR) is 370 cm³/mol. The minimum absolute atomic E-state index is 0.252. The Hall–Kier alpha value is -1.73. The zero-order chi connectivity index (χ0) is 68.2. The molecule has 0 spiro atoms. The molecular weight excluding hydrogens is 1200 g/mol. The Bertz CT molecular complexity index is 1800. The van der Waals surface area contributed by atoms with Crippen molar-refractivity contribution in [3.05, 3.63) is 24.3 Å². The first-order valence-electron chi connectivity index (χ1n) is 38.6. The summed E-state index contributed by atoms with van der Waals surface area (Å²) in [6.45, 7) is 1.81. The van der Waals surface area contributed by atoms with Gasteiger partial charge in [0.15, 0.2) is 18.9 Å². The van der Waals surface area contributed by atoms with Gasteiger partial charge in [-0.2, -0.15) is 0 Å². The van der Waals surface area contributed by atoms with E-state index in [0.29, 0.717) is 12.8 Å². The summed E-state index contributed by atoms with van der Waals surface area (Å²) >= 11 is 0. The fourth-order valence-electron chi connectivity index (χ4n) is 13.3. The largest absolute Gasteiger partial charge is 0.394 e. The van der Waals surface area contributed by atoms with E-state index in [1.807, 2.05) is 0 Å². The van der Waals surface area contributed by atoms with Gasteiger partial charge in [0, 0.05) is 6.42 Å². The lowest BCUT2D eigenvalue weighted by Gasteiger charge is -2.48. The fraction of sp³-hybridized carbons (Fsp3) is 0.933. The van der Waals surface area contributed by atoms with Gasteiger partial charge in [0.2, 0.25) is 5.91 Å². The topological polar surface area (TPSA) is 307 Å². The Morgan fingerprint density at radius 1 is 0.383 bits per heavy atom. The molecule has 3 fully saturated rings. The molecule has 0 aromatic heterocycles. The molecule has 1 amide bonds. The van der Waals surface area contributed by atoms with E-state index in [2.05, 4.69) is 43.5 Å². The van der Waals surface area contributed by atoms with E-state index in [9.17, 15) is 61.0 Å². The van der Waals surface area contributed by atoms with Gasteiger partial charge in [0.05, 0.1) is 38.6 Å². The van der Waals surface area contributed by atoms with Crippen LogP contribution in [0.2, 0.25) is 0 Å². The van der Waals surface area contributed by atoms with Gasteiger partial charge in [0.25, 0.3) is 0 Å². The van der Waals surface area contributed by atoms with E-state index in [1.54, 1.807) is 0 Å². The van der Waals surface area contributed by atoms with E-state index in [1.165, 1.54) is 212 Å². The van der Waals surface area contributed by atoms with E-state index >= 15 is 0 Å². The maximum atomic E-state index is 13.4. The Morgan fingerprint density at radius 2 is 0.702 bits per heavy atom. The van der Waals surface area contributed by atoms with Crippen LogP contribution < -0.4 is 5.32 Å². The molecule has 0 aromatic rings. The lowest BCUT2D eigenvalue weighted by molar-refractivity contribution is -0.379. The van der Waals surface area contributed by atoms with Crippen LogP contribution in [0.3, 0.4) is 0 Å². The number of hydrogen-bond donors (Lipinski definition) is 12. The molecule has 3 aliphatic rings. The van der Waals surface area contributed by atoms with Crippen molar-refractivity contribution < 1.29 is 89.4 Å². The molecule has 17 atom stereocenters. The number of amides is 1. The van der Waals surface area contributed by atoms with Gasteiger partial charge in [-0.15, -0.1) is 0 Å². The summed E-state index contributed by atoms with van der Waals surface area (Å²) in [5.74, 6) is -0.253. The second kappa shape index (κ2) is 57.0. The van der Waals surface area contributed by atoms with Gasteiger partial charge in [-0.1, -0.05) is 289 Å². The third-order valence-electron chi connectivity index (χ3n) is 19.5. The third-order valence-corrected chi connectivity index (χ3v) is 19.5. The van der Waals surface area contributed by atoms with Crippen molar-refractivity contribution in [3.8, 4) is 0 Å². The molecule has 3 rings (SSSR count). The Kier molecular flexibility index (Phi) is 52.4. The zero-order valence-corrected chi connectivity index (χ0v) is 59.0. The van der Waals surface area contributed by atoms with E-state index in [4.69, 9.17) is 28.4 Å². The normalized spacial score (nSPS) is 27.4. The smallest absolute Gasteiger partial charge is 0.220 e. The number of allylic oxidation sites excluding steroid dienone is 4. The van der Waals surface area contributed by atoms with Crippen LogP contribution in [-0.4, -0.2) is 193 Å². The van der Waals surface area contributed by atoms with Gasteiger partial charge < -0.3 is 89.9 Å². The van der Waals surface area contributed by atoms with Crippen molar-refractivity contribution in [2.75, 3.05) is 26.4 Å². The molecule has 19 heteroatoms. The van der Waals surface area contributed by atoms with Crippen LogP contribution in [-0.2, 0) is 33.2 Å². The summed E-state index contributed by atoms with van der Waals surface area (Å²) in [7, 11) is 0. The summed E-state index contributed by atoms with van der Waals surface area (Å²) in [4.78, 5) is 13.4. The Balaban J connectivity index is 1.35. The number of rotatable bonds is 61. The van der Waals surface area contributed by atoms with Crippen molar-refractivity contribution in [3.63, 3.8) is 0 Å². The predicted octanol–water partition coefficient (Wildman–Crippen LogP) is 11.8. The average Bonchev–Trinajstić information content (AvgIpc) is 0.787. The summed E-state index contributed by atoms with van der Waals surface area (Å²) in [5.41, 5.74) is 0. The molecule has 3 saturated heterocycles. The lowest BCUT2D eigenvalue weighted by atomic mass is 9.96. The maximum Gasteiger partial charge on any atom is 0.220 e. The maximum absolute atomic E-state index is 13.4. The second-order valence-corrected chi connectivity index (χ2v) is 27.8. The SMILES string of the molecule is CCCCCC/C=C\C/C=C\CCCCCCCC(=O)NC(COC1OC(CO)C(OC2OC(CO)C(OC3OC(CO)C(O)C(O)C3O)C(O)C2O)C(O)C1O)C(O)CCCCCCCCCCCCCCCCCCCCCCCCCCCCCCCCCCC. The summed E-state index contributed by atoms with van der Waals surface area (Å²) in [6.07, 6.45) is 40.0. The Labute approximate surface area is 568 Å². The molecule has 3 heterocycles. The molecule has 0 aliphatic carbocycles. The van der Waals surface area contributed by atoms with Crippen molar-refractivity contribution >= 4 is 5.91 Å². The van der Waals surface area contributed by atoms with E-state index in [0.717, 1.165) is 70.6 Å². The zero-order valence-electron chi connectivity index (χ0n) is 59.0. The molecular formula is C75H141NO18. The van der Waals surface area contributed by atoms with Crippen LogP contribution in [0.15, 0.2) is 24.3 Å². The number of carbonyl (C=O) groups excluding carboxylic acids is 1. The van der Waals surface area contributed by atoms with Crippen LogP contribution in [0.1, 0.15) is 316 Å². The van der Waals surface area contributed by atoms with E-state index in [-0.39, 0.29) is 18.9 Å². The second-order valence-electron chi connectivity index (χ2n) is 27.8. The first-order chi connectivity index (χ1) is 45.8. The molecule has 94 heavy (non-hydrogen) atoms. The van der Waals surface area contributed by atoms with Crippen LogP contribution in [0.5, 0.6) is 0 Å². The molecule has 554 valence electrons. The monoisotopic (exact) mass is 1340 g/mol. The average molecular weight is 1340 g/mol. The summed E-state index contributed by atoms with van der Waals surface area (Å²) < 4.78 is 34.5. The van der Waals surface area contributed by atoms with Crippen molar-refractivity contribution in [1.82, 2.24) is 5.32 Å². The van der Waals surface area contributed by atoms with Crippen molar-refractivity contribution in [1.29, 1.82) is 0 Å². The van der Waals surface area contributed by atoms with Crippen LogP contribution in [0.4, 0.5) is 0 Å².